The van der Waals surface area contributed by atoms with E-state index in [9.17, 15) is 18.8 Å². The Bertz CT molecular complexity index is 1070. The fraction of sp³-hybridized carbons (Fsp3) is 0.227. The Hall–Kier alpha value is -2.98. The van der Waals surface area contributed by atoms with E-state index in [1.165, 1.54) is 36.0 Å². The van der Waals surface area contributed by atoms with Gasteiger partial charge in [-0.3, -0.25) is 19.3 Å². The molecule has 2 aliphatic heterocycles. The molecule has 3 amide bonds. The van der Waals surface area contributed by atoms with Crippen LogP contribution in [0.3, 0.4) is 0 Å². The Morgan fingerprint density at radius 2 is 1.88 bits per heavy atom. The van der Waals surface area contributed by atoms with E-state index in [1.54, 1.807) is 6.08 Å². The minimum atomic E-state index is -0.427. The third kappa shape index (κ3) is 5.43. The molecular weight excluding hydrogens is 455 g/mol. The average molecular weight is 475 g/mol. The first-order valence-electron chi connectivity index (χ1n) is 9.80. The van der Waals surface area contributed by atoms with Crippen molar-refractivity contribution in [2.24, 2.45) is 0 Å². The lowest BCUT2D eigenvalue weighted by molar-refractivity contribution is -0.123. The first kappa shape index (κ1) is 22.2. The van der Waals surface area contributed by atoms with E-state index in [2.05, 4.69) is 5.32 Å². The summed E-state index contributed by atoms with van der Waals surface area (Å²) in [6.07, 6.45) is 1.55. The molecular formula is C22H19FN2O5S2. The number of carbonyl (C=O) groups is 3. The van der Waals surface area contributed by atoms with E-state index < -0.39 is 11.1 Å². The van der Waals surface area contributed by atoms with Gasteiger partial charge in [-0.1, -0.05) is 12.1 Å². The molecule has 1 saturated heterocycles. The molecule has 166 valence electrons. The second-order valence-electron chi connectivity index (χ2n) is 6.83. The van der Waals surface area contributed by atoms with Gasteiger partial charge < -0.3 is 14.8 Å². The van der Waals surface area contributed by atoms with E-state index >= 15 is 0 Å². The number of hydrogen-bond acceptors (Lipinski definition) is 7. The fourth-order valence-corrected chi connectivity index (χ4v) is 4.64. The van der Waals surface area contributed by atoms with Gasteiger partial charge in [-0.15, -0.1) is 11.8 Å². The molecule has 1 N–H and O–H groups in total. The van der Waals surface area contributed by atoms with Crippen molar-refractivity contribution >= 4 is 46.7 Å². The zero-order valence-corrected chi connectivity index (χ0v) is 18.5. The van der Waals surface area contributed by atoms with Crippen LogP contribution in [-0.2, 0) is 9.59 Å². The minimum Gasteiger partial charge on any atom is -0.486 e. The van der Waals surface area contributed by atoms with Crippen LogP contribution in [0.4, 0.5) is 9.18 Å². The molecule has 0 atom stereocenters. The van der Waals surface area contributed by atoms with Crippen LogP contribution < -0.4 is 14.8 Å². The van der Waals surface area contributed by atoms with Gasteiger partial charge >= 0.3 is 0 Å². The number of benzene rings is 2. The lowest BCUT2D eigenvalue weighted by atomic mass is 10.2. The molecule has 0 aromatic heterocycles. The van der Waals surface area contributed by atoms with Gasteiger partial charge in [0.25, 0.3) is 11.1 Å². The van der Waals surface area contributed by atoms with Crippen molar-refractivity contribution < 1.29 is 28.2 Å². The van der Waals surface area contributed by atoms with Crippen LogP contribution >= 0.6 is 23.5 Å². The maximum absolute atomic E-state index is 13.0. The molecule has 0 saturated carbocycles. The number of fused-ring (bicyclic) bond motifs is 1. The van der Waals surface area contributed by atoms with Crippen LogP contribution in [0.2, 0.25) is 0 Å². The van der Waals surface area contributed by atoms with E-state index in [0.29, 0.717) is 30.3 Å². The van der Waals surface area contributed by atoms with Crippen LogP contribution in [0.15, 0.2) is 52.3 Å². The highest BCUT2D eigenvalue weighted by molar-refractivity contribution is 8.18. The normalized spacial score (nSPS) is 16.5. The van der Waals surface area contributed by atoms with Gasteiger partial charge in [0.05, 0.1) is 10.7 Å². The number of nitrogens with one attached hydrogen (secondary N) is 1. The van der Waals surface area contributed by atoms with Crippen molar-refractivity contribution in [3.05, 3.63) is 58.8 Å². The summed E-state index contributed by atoms with van der Waals surface area (Å²) >= 11 is 2.18. The zero-order chi connectivity index (χ0) is 22.5. The molecule has 0 aliphatic carbocycles. The van der Waals surface area contributed by atoms with E-state index in [4.69, 9.17) is 9.47 Å². The van der Waals surface area contributed by atoms with Crippen LogP contribution in [0, 0.1) is 5.82 Å². The molecule has 0 unspecified atom stereocenters. The first-order valence-corrected chi connectivity index (χ1v) is 11.6. The fourth-order valence-electron chi connectivity index (χ4n) is 3.02. The number of imide groups is 1. The molecule has 10 heteroatoms. The summed E-state index contributed by atoms with van der Waals surface area (Å²) in [5.74, 6) is 0.526. The largest absolute Gasteiger partial charge is 0.486 e. The number of thioether (sulfide) groups is 2. The van der Waals surface area contributed by atoms with Crippen molar-refractivity contribution in [3.63, 3.8) is 0 Å². The topological polar surface area (TPSA) is 84.9 Å². The number of rotatable bonds is 7. The molecule has 4 rings (SSSR count). The molecule has 0 bridgehead atoms. The predicted octanol–water partition coefficient (Wildman–Crippen LogP) is 3.54. The summed E-state index contributed by atoms with van der Waals surface area (Å²) < 4.78 is 24.0. The van der Waals surface area contributed by atoms with Gasteiger partial charge in [0.2, 0.25) is 5.91 Å². The van der Waals surface area contributed by atoms with E-state index in [1.807, 2.05) is 18.2 Å². The number of carbonyl (C=O) groups excluding carboxylic acids is 3. The van der Waals surface area contributed by atoms with E-state index in [0.717, 1.165) is 21.6 Å². The molecule has 1 fully saturated rings. The van der Waals surface area contributed by atoms with Crippen LogP contribution in [0.25, 0.3) is 6.08 Å². The highest BCUT2D eigenvalue weighted by Gasteiger charge is 2.34. The van der Waals surface area contributed by atoms with Crippen molar-refractivity contribution in [1.82, 2.24) is 10.2 Å². The number of hydrogen-bond donors (Lipinski definition) is 1. The molecule has 32 heavy (non-hydrogen) atoms. The Balaban J connectivity index is 1.24. The molecule has 7 nitrogen and oxygen atoms in total. The predicted molar refractivity (Wildman–Crippen MR) is 120 cm³/mol. The Labute approximate surface area is 192 Å². The van der Waals surface area contributed by atoms with Gasteiger partial charge in [0, 0.05) is 18.0 Å². The first-order chi connectivity index (χ1) is 15.5. The summed E-state index contributed by atoms with van der Waals surface area (Å²) in [6, 6.07) is 11.1. The third-order valence-electron chi connectivity index (χ3n) is 4.58. The molecule has 0 spiro atoms. The van der Waals surface area contributed by atoms with Crippen LogP contribution in [-0.4, -0.2) is 54.0 Å². The Kier molecular flexibility index (Phi) is 7.01. The van der Waals surface area contributed by atoms with Gasteiger partial charge in [0.1, 0.15) is 19.0 Å². The van der Waals surface area contributed by atoms with E-state index in [-0.39, 0.29) is 35.5 Å². The van der Waals surface area contributed by atoms with Crippen molar-refractivity contribution in [2.75, 3.05) is 32.1 Å². The van der Waals surface area contributed by atoms with Gasteiger partial charge in [-0.25, -0.2) is 4.39 Å². The summed E-state index contributed by atoms with van der Waals surface area (Å²) in [6.45, 7) is 1.24. The van der Waals surface area contributed by atoms with Gasteiger partial charge in [0.15, 0.2) is 11.5 Å². The zero-order valence-electron chi connectivity index (χ0n) is 16.8. The maximum atomic E-state index is 13.0. The molecule has 2 aliphatic rings. The summed E-state index contributed by atoms with van der Waals surface area (Å²) in [7, 11) is 0. The summed E-state index contributed by atoms with van der Waals surface area (Å²) in [4.78, 5) is 39.1. The number of amides is 3. The van der Waals surface area contributed by atoms with Crippen molar-refractivity contribution in [1.29, 1.82) is 0 Å². The maximum Gasteiger partial charge on any atom is 0.293 e. The SMILES string of the molecule is O=C(CSc1ccc2c(c1)OCCO2)NCCN1C(=O)S/C(=C\c2ccc(F)cc2)C1=O. The molecule has 2 heterocycles. The van der Waals surface area contributed by atoms with Gasteiger partial charge in [-0.2, -0.15) is 0 Å². The second-order valence-corrected chi connectivity index (χ2v) is 8.87. The van der Waals surface area contributed by atoms with Crippen molar-refractivity contribution in [3.8, 4) is 11.5 Å². The lowest BCUT2D eigenvalue weighted by Crippen LogP contribution is -2.37. The van der Waals surface area contributed by atoms with Crippen molar-refractivity contribution in [2.45, 2.75) is 4.90 Å². The minimum absolute atomic E-state index is 0.0753. The number of ether oxygens (including phenoxy) is 2. The average Bonchev–Trinajstić information content (AvgIpc) is 3.06. The summed E-state index contributed by atoms with van der Waals surface area (Å²) in [5, 5.41) is 2.32. The standard InChI is InChI=1S/C22H19FN2O5S2/c23-15-3-1-14(2-4-15)11-19-21(27)25(22(28)32-19)8-7-24-20(26)13-31-16-5-6-17-18(12-16)30-10-9-29-17/h1-6,11-12H,7-10,13H2,(H,24,26)/b19-11-. The monoisotopic (exact) mass is 474 g/mol. The second kappa shape index (κ2) is 10.1. The quantitative estimate of drug-likeness (QED) is 0.485. The Morgan fingerprint density at radius 3 is 2.66 bits per heavy atom. The van der Waals surface area contributed by atoms with Gasteiger partial charge in [-0.05, 0) is 53.7 Å². The highest BCUT2D eigenvalue weighted by atomic mass is 32.2. The number of nitrogens with zero attached hydrogens (tertiary/aromatic N) is 1. The highest BCUT2D eigenvalue weighted by Crippen LogP contribution is 2.34. The molecule has 0 radical (unpaired) electrons. The Morgan fingerprint density at radius 1 is 1.12 bits per heavy atom. The van der Waals surface area contributed by atoms with Crippen LogP contribution in [0.5, 0.6) is 11.5 Å². The lowest BCUT2D eigenvalue weighted by Gasteiger charge is -2.18. The number of halogens is 1. The molecule has 2 aromatic carbocycles. The van der Waals surface area contributed by atoms with Crippen LogP contribution in [0.1, 0.15) is 5.56 Å². The molecule has 2 aromatic rings. The smallest absolute Gasteiger partial charge is 0.293 e. The summed E-state index contributed by atoms with van der Waals surface area (Å²) in [5.41, 5.74) is 0.626. The third-order valence-corrected chi connectivity index (χ3v) is 6.48.